The summed E-state index contributed by atoms with van der Waals surface area (Å²) < 4.78 is 54.2. The Bertz CT molecular complexity index is 4500. The fraction of sp³-hybridized carbons (Fsp3) is 0.253. The van der Waals surface area contributed by atoms with Crippen molar-refractivity contribution in [3.05, 3.63) is 252 Å². The maximum atomic E-state index is 9.34. The van der Waals surface area contributed by atoms with Crippen LogP contribution in [0.4, 0.5) is 22.7 Å². The molecule has 2 aromatic heterocycles. The van der Waals surface area contributed by atoms with Crippen LogP contribution in [0, 0.1) is 0 Å². The highest BCUT2D eigenvalue weighted by molar-refractivity contribution is 6.11. The number of hydrogen-bond donors (Lipinski definition) is 0. The zero-order valence-corrected chi connectivity index (χ0v) is 51.3. The molecule has 5 heteroatoms. The van der Waals surface area contributed by atoms with Crippen molar-refractivity contribution in [3.63, 3.8) is 0 Å². The standard InChI is InChI=1S/C79H80N4O/c1-75(2,3)58-41-54(42-59(46-58)76(4,5)6)53-35-38-69-68(45-53)67-37-36-64(50-72(67)83(69)73-48-57(39-40-80-73)79(13,14)56-27-19-16-20-28-56)84-63-30-23-29-62(49-63)81-51-82(71-34-22-21-33-70(71)81)74-65(52-25-17-15-18-26-52)31-24-32-66(74)55-43-60(77(7,8)9)47-61(44-55)78(10,11)12/h15-50H,51H2,1-14H3/i15D,17D,18D,25D,26D. The minimum Gasteiger partial charge on any atom is -0.457 e. The zero-order chi connectivity index (χ0) is 63.4. The molecule has 0 fully saturated rings. The number of ether oxygens (including phenoxy) is 1. The molecule has 12 rings (SSSR count). The van der Waals surface area contributed by atoms with Crippen molar-refractivity contribution in [2.45, 2.75) is 124 Å². The van der Waals surface area contributed by atoms with Gasteiger partial charge in [-0.3, -0.25) is 4.57 Å². The summed E-state index contributed by atoms with van der Waals surface area (Å²) in [7, 11) is 0. The van der Waals surface area contributed by atoms with Crippen LogP contribution in [0.3, 0.4) is 0 Å². The van der Waals surface area contributed by atoms with Gasteiger partial charge in [0.25, 0.3) is 0 Å². The van der Waals surface area contributed by atoms with Gasteiger partial charge in [0.15, 0.2) is 0 Å². The molecule has 11 aromatic rings. The van der Waals surface area contributed by atoms with Crippen molar-refractivity contribution in [3.8, 4) is 50.7 Å². The van der Waals surface area contributed by atoms with Crippen molar-refractivity contribution in [1.29, 1.82) is 0 Å². The molecule has 3 heterocycles. The van der Waals surface area contributed by atoms with Crippen LogP contribution >= 0.6 is 0 Å². The number of nitrogens with zero attached hydrogens (tertiary/aromatic N) is 4. The lowest BCUT2D eigenvalue weighted by Crippen LogP contribution is -2.25. The minimum atomic E-state index is -0.427. The number of aromatic nitrogens is 2. The lowest BCUT2D eigenvalue weighted by Gasteiger charge is -2.29. The Kier molecular flexibility index (Phi) is 12.4. The quantitative estimate of drug-likeness (QED) is 0.137. The Morgan fingerprint density at radius 2 is 0.976 bits per heavy atom. The third-order valence-electron chi connectivity index (χ3n) is 17.1. The van der Waals surface area contributed by atoms with E-state index in [2.05, 4.69) is 257 Å². The molecule has 0 bridgehead atoms. The van der Waals surface area contributed by atoms with E-state index in [1.54, 1.807) is 0 Å². The van der Waals surface area contributed by atoms with Gasteiger partial charge in [0, 0.05) is 51.3 Å². The lowest BCUT2D eigenvalue weighted by molar-refractivity contribution is 0.483. The number of anilines is 4. The second-order valence-corrected chi connectivity index (χ2v) is 27.5. The number of fused-ring (bicyclic) bond motifs is 4. The summed E-state index contributed by atoms with van der Waals surface area (Å²) in [6, 6.07) is 62.9. The van der Waals surface area contributed by atoms with Gasteiger partial charge in [-0.1, -0.05) is 236 Å². The summed E-state index contributed by atoms with van der Waals surface area (Å²) in [4.78, 5) is 9.62. The fourth-order valence-electron chi connectivity index (χ4n) is 11.9. The predicted octanol–water partition coefficient (Wildman–Crippen LogP) is 21.7. The van der Waals surface area contributed by atoms with Crippen LogP contribution in [0.1, 0.15) is 137 Å². The number of para-hydroxylation sites is 3. The second kappa shape index (κ2) is 20.9. The fourth-order valence-corrected chi connectivity index (χ4v) is 11.9. The van der Waals surface area contributed by atoms with Gasteiger partial charge in [0.05, 0.1) is 34.9 Å². The molecule has 9 aromatic carbocycles. The van der Waals surface area contributed by atoms with Crippen molar-refractivity contribution in [2.24, 2.45) is 0 Å². The molecule has 0 saturated carbocycles. The molecule has 0 unspecified atom stereocenters. The summed E-state index contributed by atoms with van der Waals surface area (Å²) in [5.74, 6) is 2.13. The molecule has 0 N–H and O–H groups in total. The Hall–Kier alpha value is -8.67. The Labute approximate surface area is 506 Å². The van der Waals surface area contributed by atoms with Crippen molar-refractivity contribution in [2.75, 3.05) is 16.5 Å². The van der Waals surface area contributed by atoms with Crippen LogP contribution in [0.5, 0.6) is 11.5 Å². The molecule has 0 atom stereocenters. The van der Waals surface area contributed by atoms with Gasteiger partial charge in [-0.05, 0) is 138 Å². The molecular formula is C79H80N4O. The van der Waals surface area contributed by atoms with Gasteiger partial charge in [-0.25, -0.2) is 4.98 Å². The Morgan fingerprint density at radius 1 is 0.405 bits per heavy atom. The highest BCUT2D eigenvalue weighted by Crippen LogP contribution is 2.51. The third kappa shape index (κ3) is 10.6. The van der Waals surface area contributed by atoms with Gasteiger partial charge in [0.2, 0.25) is 0 Å². The van der Waals surface area contributed by atoms with Crippen LogP contribution < -0.4 is 14.5 Å². The largest absolute Gasteiger partial charge is 0.457 e. The van der Waals surface area contributed by atoms with E-state index >= 15 is 0 Å². The van der Waals surface area contributed by atoms with E-state index in [-0.39, 0.29) is 56.8 Å². The van der Waals surface area contributed by atoms with E-state index in [9.17, 15) is 2.74 Å². The first-order valence-electron chi connectivity index (χ1n) is 32.0. The maximum Gasteiger partial charge on any atom is 0.137 e. The maximum absolute atomic E-state index is 9.34. The van der Waals surface area contributed by atoms with Crippen molar-refractivity contribution >= 4 is 44.6 Å². The van der Waals surface area contributed by atoms with Crippen LogP contribution in [0.2, 0.25) is 0 Å². The third-order valence-corrected chi connectivity index (χ3v) is 17.1. The molecular weight excluding hydrogens is 1020 g/mol. The van der Waals surface area contributed by atoms with Gasteiger partial charge in [-0.15, -0.1) is 0 Å². The SMILES string of the molecule is [2H]c1c([2H])c([2H])c(-c2cccc(-c3cc(C(C)(C)C)cc(C(C)(C)C)c3)c2N2CN(c3cccc(Oc4ccc5c6cc(-c7cc(C(C)(C)C)cc(C(C)(C)C)c7)ccc6n(-c6cc(C(C)(C)c7ccccc7)ccn6)c5c4)c3)c3ccccc32)c([2H])c1[2H]. The molecule has 0 amide bonds. The van der Waals surface area contributed by atoms with Crippen molar-refractivity contribution in [1.82, 2.24) is 9.55 Å². The number of pyridine rings is 1. The van der Waals surface area contributed by atoms with E-state index in [0.29, 0.717) is 23.7 Å². The average Bonchev–Trinajstić information content (AvgIpc) is 1.75. The van der Waals surface area contributed by atoms with E-state index in [0.717, 1.165) is 72.6 Å². The van der Waals surface area contributed by atoms with Crippen LogP contribution in [0.15, 0.2) is 218 Å². The molecule has 84 heavy (non-hydrogen) atoms. The van der Waals surface area contributed by atoms with E-state index < -0.39 is 6.04 Å². The topological polar surface area (TPSA) is 33.5 Å². The minimum absolute atomic E-state index is 0.0390. The van der Waals surface area contributed by atoms with Gasteiger partial charge in [0.1, 0.15) is 24.0 Å². The molecule has 1 aliphatic rings. The Morgan fingerprint density at radius 3 is 1.61 bits per heavy atom. The lowest BCUT2D eigenvalue weighted by atomic mass is 9.78. The van der Waals surface area contributed by atoms with Gasteiger partial charge in [-0.2, -0.15) is 0 Å². The first-order valence-corrected chi connectivity index (χ1v) is 29.5. The molecule has 0 saturated heterocycles. The van der Waals surface area contributed by atoms with Crippen LogP contribution in [-0.2, 0) is 27.1 Å². The zero-order valence-electron chi connectivity index (χ0n) is 56.3. The molecule has 422 valence electrons. The predicted molar refractivity (Wildman–Crippen MR) is 357 cm³/mol. The number of rotatable bonds is 10. The highest BCUT2D eigenvalue weighted by atomic mass is 16.5. The molecule has 0 spiro atoms. The molecule has 0 aliphatic carbocycles. The highest BCUT2D eigenvalue weighted by Gasteiger charge is 2.33. The number of benzene rings is 9. The van der Waals surface area contributed by atoms with Gasteiger partial charge >= 0.3 is 0 Å². The smallest absolute Gasteiger partial charge is 0.137 e. The summed E-state index contributed by atoms with van der Waals surface area (Å²) in [6.45, 7) is 32.0. The first-order chi connectivity index (χ1) is 42.0. The molecule has 1 aliphatic heterocycles. The molecule has 0 radical (unpaired) electrons. The molecule has 5 nitrogen and oxygen atoms in total. The van der Waals surface area contributed by atoms with Gasteiger partial charge < -0.3 is 14.5 Å². The summed E-state index contributed by atoms with van der Waals surface area (Å²) in [6.07, 6.45) is 1.93. The normalized spacial score (nSPS) is 14.1. The van der Waals surface area contributed by atoms with E-state index in [1.807, 2.05) is 42.6 Å². The summed E-state index contributed by atoms with van der Waals surface area (Å²) >= 11 is 0. The van der Waals surface area contributed by atoms with Crippen molar-refractivity contribution < 1.29 is 11.6 Å². The average molecular weight is 1110 g/mol. The number of hydrogen-bond acceptors (Lipinski definition) is 4. The summed E-state index contributed by atoms with van der Waals surface area (Å²) in [5, 5.41) is 2.20. The van der Waals surface area contributed by atoms with E-state index in [1.165, 1.54) is 33.4 Å². The first kappa shape index (κ1) is 49.9. The van der Waals surface area contributed by atoms with Crippen LogP contribution in [-0.4, -0.2) is 16.2 Å². The Balaban J connectivity index is 0.979. The summed E-state index contributed by atoms with van der Waals surface area (Å²) in [5.41, 5.74) is 17.0. The van der Waals surface area contributed by atoms with E-state index in [4.69, 9.17) is 13.8 Å². The monoisotopic (exact) mass is 1110 g/mol. The second-order valence-electron chi connectivity index (χ2n) is 27.5. The van der Waals surface area contributed by atoms with Crippen LogP contribution in [0.25, 0.3) is 61.0 Å².